The van der Waals surface area contributed by atoms with Crippen LogP contribution in [0.4, 0.5) is 4.79 Å². The number of hydrogen-bond donors (Lipinski definition) is 2. The Balaban J connectivity index is 1.89. The second-order valence-corrected chi connectivity index (χ2v) is 7.44. The first kappa shape index (κ1) is 15.7. The van der Waals surface area contributed by atoms with Crippen molar-refractivity contribution in [3.8, 4) is 0 Å². The number of carbonyl (C=O) groups is 1. The van der Waals surface area contributed by atoms with Gasteiger partial charge in [-0.15, -0.1) is 0 Å². The van der Waals surface area contributed by atoms with E-state index >= 15 is 0 Å². The zero-order valence-electron chi connectivity index (χ0n) is 13.4. The van der Waals surface area contributed by atoms with Gasteiger partial charge >= 0.3 is 6.03 Å². The Morgan fingerprint density at radius 1 is 1.38 bits per heavy atom. The average molecular weight is 290 g/mol. The van der Waals surface area contributed by atoms with E-state index in [9.17, 15) is 4.79 Å². The first-order chi connectivity index (χ1) is 9.78. The summed E-state index contributed by atoms with van der Waals surface area (Å²) in [5.41, 5.74) is 0.883. The summed E-state index contributed by atoms with van der Waals surface area (Å²) in [7, 11) is 0. The molecular formula is C16H26N4O. The molecule has 0 aliphatic heterocycles. The second-order valence-electron chi connectivity index (χ2n) is 7.44. The zero-order valence-corrected chi connectivity index (χ0v) is 13.4. The SMILES string of the molecule is C[C@@H]1CC(C)(C)C[C@](C)(NC(=O)NCc2cccnn2)C1. The van der Waals surface area contributed by atoms with Crippen LogP contribution in [0.2, 0.25) is 0 Å². The van der Waals surface area contributed by atoms with Crippen LogP contribution < -0.4 is 10.6 Å². The summed E-state index contributed by atoms with van der Waals surface area (Å²) < 4.78 is 0. The molecule has 1 aromatic heterocycles. The number of nitrogens with zero attached hydrogens (tertiary/aromatic N) is 2. The summed E-state index contributed by atoms with van der Waals surface area (Å²) >= 11 is 0. The molecule has 5 nitrogen and oxygen atoms in total. The highest BCUT2D eigenvalue weighted by molar-refractivity contribution is 5.74. The molecule has 1 saturated carbocycles. The third-order valence-electron chi connectivity index (χ3n) is 4.04. The van der Waals surface area contributed by atoms with Crippen molar-refractivity contribution >= 4 is 6.03 Å². The van der Waals surface area contributed by atoms with Crippen LogP contribution in [0.5, 0.6) is 0 Å². The van der Waals surface area contributed by atoms with Crippen molar-refractivity contribution in [3.05, 3.63) is 24.0 Å². The number of rotatable bonds is 3. The molecule has 0 spiro atoms. The van der Waals surface area contributed by atoms with Crippen molar-refractivity contribution < 1.29 is 4.79 Å². The first-order valence-corrected chi connectivity index (χ1v) is 7.61. The van der Waals surface area contributed by atoms with Crippen LogP contribution in [0, 0.1) is 11.3 Å². The van der Waals surface area contributed by atoms with Gasteiger partial charge in [-0.05, 0) is 49.7 Å². The van der Waals surface area contributed by atoms with Crippen molar-refractivity contribution in [1.29, 1.82) is 0 Å². The molecule has 2 atom stereocenters. The van der Waals surface area contributed by atoms with E-state index in [0.717, 1.165) is 18.5 Å². The van der Waals surface area contributed by atoms with Gasteiger partial charge in [0, 0.05) is 11.7 Å². The van der Waals surface area contributed by atoms with Gasteiger partial charge in [0.25, 0.3) is 0 Å². The molecule has 1 heterocycles. The van der Waals surface area contributed by atoms with Gasteiger partial charge in [0.1, 0.15) is 0 Å². The molecule has 2 rings (SSSR count). The lowest BCUT2D eigenvalue weighted by Gasteiger charge is -2.46. The van der Waals surface area contributed by atoms with E-state index in [1.165, 1.54) is 6.42 Å². The van der Waals surface area contributed by atoms with E-state index in [1.54, 1.807) is 6.20 Å². The molecule has 0 bridgehead atoms. The van der Waals surface area contributed by atoms with Crippen LogP contribution in [-0.2, 0) is 6.54 Å². The molecule has 1 aliphatic carbocycles. The smallest absolute Gasteiger partial charge is 0.315 e. The highest BCUT2D eigenvalue weighted by atomic mass is 16.2. The summed E-state index contributed by atoms with van der Waals surface area (Å²) in [5, 5.41) is 13.8. The molecule has 0 aromatic carbocycles. The Hall–Kier alpha value is -1.65. The standard InChI is InChI=1S/C16H26N4O/c1-12-8-15(2,3)11-16(4,9-12)19-14(21)17-10-13-6-5-7-18-20-13/h5-7,12H,8-11H2,1-4H3,(H2,17,19,21)/t12-,16-/m1/s1. The normalized spacial score (nSPS) is 27.9. The molecule has 0 unspecified atom stereocenters. The first-order valence-electron chi connectivity index (χ1n) is 7.61. The Bertz CT molecular complexity index is 488. The zero-order chi connectivity index (χ0) is 15.5. The van der Waals surface area contributed by atoms with E-state index < -0.39 is 0 Å². The second kappa shape index (κ2) is 6.00. The molecule has 1 aliphatic rings. The van der Waals surface area contributed by atoms with E-state index in [-0.39, 0.29) is 17.0 Å². The average Bonchev–Trinajstić information content (AvgIpc) is 2.34. The largest absolute Gasteiger partial charge is 0.333 e. The number of urea groups is 1. The maximum atomic E-state index is 12.1. The molecule has 2 amide bonds. The molecule has 1 aromatic rings. The maximum absolute atomic E-state index is 12.1. The minimum Gasteiger partial charge on any atom is -0.333 e. The van der Waals surface area contributed by atoms with E-state index in [4.69, 9.17) is 0 Å². The van der Waals surface area contributed by atoms with Crippen LogP contribution in [0.25, 0.3) is 0 Å². The summed E-state index contributed by atoms with van der Waals surface area (Å²) in [6, 6.07) is 3.53. The Labute approximate surface area is 126 Å². The van der Waals surface area contributed by atoms with Gasteiger partial charge in [-0.1, -0.05) is 20.8 Å². The van der Waals surface area contributed by atoms with Gasteiger partial charge in [0.2, 0.25) is 0 Å². The third kappa shape index (κ3) is 4.69. The fourth-order valence-corrected chi connectivity index (χ4v) is 4.00. The van der Waals surface area contributed by atoms with Crippen LogP contribution in [0.3, 0.4) is 0 Å². The molecule has 116 valence electrons. The number of carbonyl (C=O) groups excluding carboxylic acids is 1. The van der Waals surface area contributed by atoms with Crippen molar-refractivity contribution in [3.63, 3.8) is 0 Å². The fourth-order valence-electron chi connectivity index (χ4n) is 4.00. The summed E-state index contributed by atoms with van der Waals surface area (Å²) in [6.07, 6.45) is 4.86. The lowest BCUT2D eigenvalue weighted by Crippen LogP contribution is -2.55. The number of nitrogens with one attached hydrogen (secondary N) is 2. The number of hydrogen-bond acceptors (Lipinski definition) is 3. The van der Waals surface area contributed by atoms with Crippen molar-refractivity contribution in [2.45, 2.75) is 59.0 Å². The minimum atomic E-state index is -0.145. The minimum absolute atomic E-state index is 0.131. The van der Waals surface area contributed by atoms with Crippen LogP contribution in [0.15, 0.2) is 18.3 Å². The quantitative estimate of drug-likeness (QED) is 0.899. The predicted octanol–water partition coefficient (Wildman–Crippen LogP) is 2.88. The molecule has 2 N–H and O–H groups in total. The van der Waals surface area contributed by atoms with Crippen LogP contribution in [0.1, 0.15) is 52.7 Å². The third-order valence-corrected chi connectivity index (χ3v) is 4.04. The molecular weight excluding hydrogens is 264 g/mol. The Kier molecular flexibility index (Phi) is 4.49. The maximum Gasteiger partial charge on any atom is 0.315 e. The van der Waals surface area contributed by atoms with E-state index in [1.807, 2.05) is 12.1 Å². The highest BCUT2D eigenvalue weighted by Gasteiger charge is 2.40. The lowest BCUT2D eigenvalue weighted by molar-refractivity contribution is 0.0983. The Morgan fingerprint density at radius 2 is 2.14 bits per heavy atom. The van der Waals surface area contributed by atoms with Gasteiger partial charge in [0.15, 0.2) is 0 Å². The van der Waals surface area contributed by atoms with Crippen molar-refractivity contribution in [2.75, 3.05) is 0 Å². The molecule has 5 heteroatoms. The number of aromatic nitrogens is 2. The van der Waals surface area contributed by atoms with Gasteiger partial charge in [-0.3, -0.25) is 0 Å². The molecule has 1 fully saturated rings. The lowest BCUT2D eigenvalue weighted by atomic mass is 9.65. The molecule has 21 heavy (non-hydrogen) atoms. The van der Waals surface area contributed by atoms with Crippen molar-refractivity contribution in [2.24, 2.45) is 11.3 Å². The summed E-state index contributed by atoms with van der Waals surface area (Å²) in [6.45, 7) is 9.36. The van der Waals surface area contributed by atoms with Gasteiger partial charge in [-0.25, -0.2) is 4.79 Å². The Morgan fingerprint density at radius 3 is 2.76 bits per heavy atom. The van der Waals surface area contributed by atoms with Crippen LogP contribution in [-0.4, -0.2) is 21.8 Å². The van der Waals surface area contributed by atoms with E-state index in [2.05, 4.69) is 48.5 Å². The molecule has 0 saturated heterocycles. The van der Waals surface area contributed by atoms with Gasteiger partial charge < -0.3 is 10.6 Å². The van der Waals surface area contributed by atoms with E-state index in [0.29, 0.717) is 12.5 Å². The summed E-state index contributed by atoms with van der Waals surface area (Å²) in [4.78, 5) is 12.1. The highest BCUT2D eigenvalue weighted by Crippen LogP contribution is 2.43. The predicted molar refractivity (Wildman–Crippen MR) is 82.6 cm³/mol. The van der Waals surface area contributed by atoms with Crippen LogP contribution >= 0.6 is 0 Å². The van der Waals surface area contributed by atoms with Gasteiger partial charge in [0.05, 0.1) is 12.2 Å². The monoisotopic (exact) mass is 290 g/mol. The van der Waals surface area contributed by atoms with Gasteiger partial charge in [-0.2, -0.15) is 10.2 Å². The summed E-state index contributed by atoms with van der Waals surface area (Å²) in [5.74, 6) is 0.624. The fraction of sp³-hybridized carbons (Fsp3) is 0.688. The molecule has 0 radical (unpaired) electrons. The topological polar surface area (TPSA) is 66.9 Å². The number of amides is 2. The van der Waals surface area contributed by atoms with Crippen molar-refractivity contribution in [1.82, 2.24) is 20.8 Å².